The number of nitrogens with one attached hydrogen (secondary N) is 2. The number of carbonyl (C=O) groups is 1. The van der Waals surface area contributed by atoms with Gasteiger partial charge in [-0.1, -0.05) is 0 Å². The highest BCUT2D eigenvalue weighted by atomic mass is 16.1. The summed E-state index contributed by atoms with van der Waals surface area (Å²) in [4.78, 5) is 28.4. The van der Waals surface area contributed by atoms with E-state index >= 15 is 0 Å². The number of rotatable bonds is 3. The van der Waals surface area contributed by atoms with Crippen molar-refractivity contribution in [1.29, 1.82) is 0 Å². The molecule has 1 aliphatic heterocycles. The van der Waals surface area contributed by atoms with Crippen molar-refractivity contribution in [2.75, 3.05) is 11.9 Å². The van der Waals surface area contributed by atoms with E-state index in [9.17, 15) is 4.79 Å². The van der Waals surface area contributed by atoms with E-state index in [1.165, 1.54) is 18.6 Å². The number of aromatic nitrogens is 4. The predicted octanol–water partition coefficient (Wildman–Crippen LogP) is 0.943. The molecule has 7 nitrogen and oxygen atoms in total. The first-order chi connectivity index (χ1) is 9.83. The Balaban J connectivity index is 1.76. The lowest BCUT2D eigenvalue weighted by molar-refractivity contribution is 0.102. The normalized spacial score (nSPS) is 17.9. The van der Waals surface area contributed by atoms with E-state index in [1.54, 1.807) is 12.4 Å². The summed E-state index contributed by atoms with van der Waals surface area (Å²) in [5.41, 5.74) is 1.08. The maximum absolute atomic E-state index is 12.1. The van der Waals surface area contributed by atoms with Crippen molar-refractivity contribution >= 4 is 11.7 Å². The molecule has 0 radical (unpaired) electrons. The summed E-state index contributed by atoms with van der Waals surface area (Å²) in [6.07, 6.45) is 9.81. The van der Waals surface area contributed by atoms with Gasteiger partial charge in [0.05, 0.1) is 30.3 Å². The Morgan fingerprint density at radius 2 is 2.20 bits per heavy atom. The van der Waals surface area contributed by atoms with E-state index in [1.807, 2.05) is 0 Å². The standard InChI is InChI=1S/C13H14N6O/c20-13(19-12-8-14-4-5-17-12)11-7-15-6-10(18-11)9-2-1-3-16-9/h4-9,16H,1-3H2,(H,17,19,20). The molecule has 7 heteroatoms. The molecule has 3 heterocycles. The minimum Gasteiger partial charge on any atom is -0.309 e. The second kappa shape index (κ2) is 5.70. The maximum Gasteiger partial charge on any atom is 0.277 e. The molecule has 0 bridgehead atoms. The third-order valence-corrected chi connectivity index (χ3v) is 3.11. The summed E-state index contributed by atoms with van der Waals surface area (Å²) >= 11 is 0. The van der Waals surface area contributed by atoms with Gasteiger partial charge in [0.25, 0.3) is 5.91 Å². The predicted molar refractivity (Wildman–Crippen MR) is 72.0 cm³/mol. The zero-order valence-electron chi connectivity index (χ0n) is 10.8. The molecular formula is C13H14N6O. The van der Waals surface area contributed by atoms with E-state index in [2.05, 4.69) is 30.6 Å². The molecule has 2 aromatic rings. The highest BCUT2D eigenvalue weighted by Crippen LogP contribution is 2.20. The van der Waals surface area contributed by atoms with Crippen LogP contribution in [0.5, 0.6) is 0 Å². The van der Waals surface area contributed by atoms with Gasteiger partial charge in [-0.15, -0.1) is 0 Å². The lowest BCUT2D eigenvalue weighted by Crippen LogP contribution is -2.19. The van der Waals surface area contributed by atoms with Gasteiger partial charge in [0.2, 0.25) is 0 Å². The van der Waals surface area contributed by atoms with Crippen molar-refractivity contribution in [3.8, 4) is 0 Å². The molecule has 0 saturated carbocycles. The summed E-state index contributed by atoms with van der Waals surface area (Å²) in [5.74, 6) is 0.0570. The highest BCUT2D eigenvalue weighted by Gasteiger charge is 2.19. The zero-order valence-corrected chi connectivity index (χ0v) is 10.8. The van der Waals surface area contributed by atoms with Crippen molar-refractivity contribution in [3.05, 3.63) is 42.4 Å². The van der Waals surface area contributed by atoms with Crippen LogP contribution in [0.4, 0.5) is 5.82 Å². The third kappa shape index (κ3) is 2.77. The Bertz CT molecular complexity index is 597. The lowest BCUT2D eigenvalue weighted by atomic mass is 10.1. The molecule has 2 N–H and O–H groups in total. The first-order valence-electron chi connectivity index (χ1n) is 6.45. The van der Waals surface area contributed by atoms with Gasteiger partial charge in [0.1, 0.15) is 5.69 Å². The average molecular weight is 270 g/mol. The van der Waals surface area contributed by atoms with Gasteiger partial charge in [-0.05, 0) is 19.4 Å². The van der Waals surface area contributed by atoms with Gasteiger partial charge >= 0.3 is 0 Å². The van der Waals surface area contributed by atoms with Crippen LogP contribution in [-0.2, 0) is 0 Å². The Morgan fingerprint density at radius 1 is 1.25 bits per heavy atom. The fraction of sp³-hybridized carbons (Fsp3) is 0.308. The fourth-order valence-electron chi connectivity index (χ4n) is 2.14. The van der Waals surface area contributed by atoms with Crippen LogP contribution in [0.2, 0.25) is 0 Å². The van der Waals surface area contributed by atoms with Crippen LogP contribution < -0.4 is 10.6 Å². The Kier molecular flexibility index (Phi) is 3.60. The van der Waals surface area contributed by atoms with Crippen LogP contribution in [0.1, 0.15) is 35.1 Å². The monoisotopic (exact) mass is 270 g/mol. The van der Waals surface area contributed by atoms with Crippen molar-refractivity contribution in [1.82, 2.24) is 25.3 Å². The van der Waals surface area contributed by atoms with Crippen molar-refractivity contribution in [2.45, 2.75) is 18.9 Å². The number of carbonyl (C=O) groups excluding carboxylic acids is 1. The van der Waals surface area contributed by atoms with Gasteiger partial charge < -0.3 is 10.6 Å². The summed E-state index contributed by atoms with van der Waals surface area (Å²) < 4.78 is 0. The van der Waals surface area contributed by atoms with E-state index in [-0.39, 0.29) is 17.6 Å². The van der Waals surface area contributed by atoms with Gasteiger partial charge in [-0.3, -0.25) is 14.8 Å². The summed E-state index contributed by atoms with van der Waals surface area (Å²) in [6.45, 7) is 0.975. The second-order valence-electron chi connectivity index (χ2n) is 4.52. The molecule has 2 aromatic heterocycles. The molecule has 1 saturated heterocycles. The quantitative estimate of drug-likeness (QED) is 0.862. The second-order valence-corrected chi connectivity index (χ2v) is 4.52. The molecule has 20 heavy (non-hydrogen) atoms. The van der Waals surface area contributed by atoms with Crippen LogP contribution >= 0.6 is 0 Å². The van der Waals surface area contributed by atoms with Gasteiger partial charge in [-0.25, -0.2) is 9.97 Å². The Morgan fingerprint density at radius 3 is 2.95 bits per heavy atom. The minimum atomic E-state index is -0.335. The van der Waals surface area contributed by atoms with Crippen LogP contribution in [0.3, 0.4) is 0 Å². The average Bonchev–Trinajstić information content (AvgIpc) is 3.03. The van der Waals surface area contributed by atoms with Crippen molar-refractivity contribution < 1.29 is 4.79 Å². The third-order valence-electron chi connectivity index (χ3n) is 3.11. The van der Waals surface area contributed by atoms with E-state index in [4.69, 9.17) is 0 Å². The summed E-state index contributed by atoms with van der Waals surface area (Å²) in [7, 11) is 0. The van der Waals surface area contributed by atoms with Crippen LogP contribution in [-0.4, -0.2) is 32.4 Å². The zero-order chi connectivity index (χ0) is 13.8. The number of anilines is 1. The number of hydrogen-bond acceptors (Lipinski definition) is 6. The number of amides is 1. The lowest BCUT2D eigenvalue weighted by Gasteiger charge is -2.10. The molecular weight excluding hydrogens is 256 g/mol. The fourth-order valence-corrected chi connectivity index (χ4v) is 2.14. The molecule has 102 valence electrons. The van der Waals surface area contributed by atoms with E-state index in [0.717, 1.165) is 25.1 Å². The van der Waals surface area contributed by atoms with Crippen molar-refractivity contribution in [2.24, 2.45) is 0 Å². The molecule has 1 fully saturated rings. The molecule has 3 rings (SSSR count). The SMILES string of the molecule is O=C(Nc1cnccn1)c1cncc(C2CCCN2)n1. The van der Waals surface area contributed by atoms with Crippen LogP contribution in [0.25, 0.3) is 0 Å². The maximum atomic E-state index is 12.1. The van der Waals surface area contributed by atoms with E-state index in [0.29, 0.717) is 5.82 Å². The molecule has 0 aromatic carbocycles. The summed E-state index contributed by atoms with van der Waals surface area (Å²) in [5, 5.41) is 5.97. The van der Waals surface area contributed by atoms with Crippen LogP contribution in [0, 0.1) is 0 Å². The number of hydrogen-bond donors (Lipinski definition) is 2. The van der Waals surface area contributed by atoms with Crippen molar-refractivity contribution in [3.63, 3.8) is 0 Å². The molecule has 1 amide bonds. The molecule has 0 aliphatic carbocycles. The highest BCUT2D eigenvalue weighted by molar-refractivity contribution is 6.02. The number of nitrogens with zero attached hydrogens (tertiary/aromatic N) is 4. The molecule has 0 spiro atoms. The Hall–Kier alpha value is -2.41. The van der Waals surface area contributed by atoms with Gasteiger partial charge in [-0.2, -0.15) is 0 Å². The van der Waals surface area contributed by atoms with E-state index < -0.39 is 0 Å². The molecule has 1 unspecified atom stereocenters. The minimum absolute atomic E-state index is 0.187. The molecule has 1 aliphatic rings. The summed E-state index contributed by atoms with van der Waals surface area (Å²) in [6, 6.07) is 0.187. The Labute approximate surface area is 115 Å². The first kappa shape index (κ1) is 12.6. The largest absolute Gasteiger partial charge is 0.309 e. The van der Waals surface area contributed by atoms with Crippen LogP contribution in [0.15, 0.2) is 31.0 Å². The molecule has 1 atom stereocenters. The van der Waals surface area contributed by atoms with Gasteiger partial charge in [0.15, 0.2) is 5.82 Å². The first-order valence-corrected chi connectivity index (χ1v) is 6.45. The smallest absolute Gasteiger partial charge is 0.277 e. The van der Waals surface area contributed by atoms with Gasteiger partial charge in [0, 0.05) is 12.4 Å². The topological polar surface area (TPSA) is 92.7 Å².